The molecule has 0 atom stereocenters. The van der Waals surface area contributed by atoms with E-state index in [-0.39, 0.29) is 32.1 Å². The number of para-hydroxylation sites is 1. The number of hydrogen-bond donors (Lipinski definition) is 1. The highest BCUT2D eigenvalue weighted by Crippen LogP contribution is 2.34. The molecule has 0 aromatic heterocycles. The predicted molar refractivity (Wildman–Crippen MR) is 125 cm³/mol. The lowest BCUT2D eigenvalue weighted by Crippen LogP contribution is -2.35. The topological polar surface area (TPSA) is 66.5 Å². The summed E-state index contributed by atoms with van der Waals surface area (Å²) < 4.78 is 28.4. The number of nitrogens with zero attached hydrogens (tertiary/aromatic N) is 1. The Morgan fingerprint density at radius 2 is 1.71 bits per heavy atom. The molecule has 0 radical (unpaired) electrons. The number of hydrogen-bond acceptors (Lipinski definition) is 3. The third-order valence-corrected chi connectivity index (χ3v) is 7.37. The predicted octanol–water partition coefficient (Wildman–Crippen LogP) is 6.04. The van der Waals surface area contributed by atoms with Crippen molar-refractivity contribution in [2.75, 3.05) is 16.2 Å². The first-order valence-corrected chi connectivity index (χ1v) is 12.1. The van der Waals surface area contributed by atoms with Crippen molar-refractivity contribution in [1.29, 1.82) is 0 Å². The molecule has 1 amide bonds. The Hall–Kier alpha value is -2.25. The number of benzene rings is 3. The van der Waals surface area contributed by atoms with Gasteiger partial charge in [0.2, 0.25) is 0 Å². The van der Waals surface area contributed by atoms with Gasteiger partial charge in [0.1, 0.15) is 4.90 Å². The average molecular weight is 496 g/mol. The number of sulfonamides is 1. The number of carbonyl (C=O) groups excluding carboxylic acids is 1. The SMILES string of the molecule is O=C(c1cc(S(=O)(=O)Nc2cccc(Cl)c2)c(Cl)cc1Cl)N1CCCc2ccccc21. The summed E-state index contributed by atoms with van der Waals surface area (Å²) in [4.78, 5) is 14.7. The van der Waals surface area contributed by atoms with Crippen molar-refractivity contribution in [3.8, 4) is 0 Å². The number of carbonyl (C=O) groups is 1. The summed E-state index contributed by atoms with van der Waals surface area (Å²) in [6.45, 7) is 0.512. The summed E-state index contributed by atoms with van der Waals surface area (Å²) in [5.41, 5.74) is 2.19. The molecule has 160 valence electrons. The van der Waals surface area contributed by atoms with Gasteiger partial charge in [0.25, 0.3) is 15.9 Å². The molecule has 0 spiro atoms. The van der Waals surface area contributed by atoms with Crippen molar-refractivity contribution >= 4 is 62.1 Å². The van der Waals surface area contributed by atoms with Crippen molar-refractivity contribution in [2.24, 2.45) is 0 Å². The van der Waals surface area contributed by atoms with Crippen LogP contribution in [0.2, 0.25) is 15.1 Å². The smallest absolute Gasteiger partial charge is 0.263 e. The molecule has 5 nitrogen and oxygen atoms in total. The molecule has 0 unspecified atom stereocenters. The minimum Gasteiger partial charge on any atom is -0.308 e. The van der Waals surface area contributed by atoms with Crippen LogP contribution < -0.4 is 9.62 Å². The van der Waals surface area contributed by atoms with Crippen LogP contribution in [-0.2, 0) is 16.4 Å². The molecule has 1 N–H and O–H groups in total. The number of halogens is 3. The van der Waals surface area contributed by atoms with Crippen LogP contribution in [0.5, 0.6) is 0 Å². The molecule has 1 aliphatic heterocycles. The number of nitrogens with one attached hydrogen (secondary N) is 1. The Balaban J connectivity index is 1.73. The van der Waals surface area contributed by atoms with Gasteiger partial charge in [0.15, 0.2) is 0 Å². The first-order valence-electron chi connectivity index (χ1n) is 9.43. The molecule has 0 fully saturated rings. The normalized spacial score (nSPS) is 13.6. The minimum absolute atomic E-state index is 0.0641. The minimum atomic E-state index is -4.09. The fraction of sp³-hybridized carbons (Fsp3) is 0.136. The average Bonchev–Trinajstić information content (AvgIpc) is 2.72. The van der Waals surface area contributed by atoms with E-state index in [1.807, 2.05) is 24.3 Å². The molecule has 0 aliphatic carbocycles. The number of rotatable bonds is 4. The van der Waals surface area contributed by atoms with Gasteiger partial charge in [-0.15, -0.1) is 0 Å². The second-order valence-electron chi connectivity index (χ2n) is 7.07. The zero-order chi connectivity index (χ0) is 22.2. The molecule has 1 heterocycles. The summed E-state index contributed by atoms with van der Waals surface area (Å²) in [7, 11) is -4.09. The molecule has 0 saturated heterocycles. The monoisotopic (exact) mass is 494 g/mol. The summed E-state index contributed by atoms with van der Waals surface area (Å²) >= 11 is 18.4. The van der Waals surface area contributed by atoms with Crippen molar-refractivity contribution < 1.29 is 13.2 Å². The van der Waals surface area contributed by atoms with Crippen molar-refractivity contribution in [3.05, 3.63) is 86.9 Å². The molecule has 1 aliphatic rings. The van der Waals surface area contributed by atoms with Crippen LogP contribution in [0, 0.1) is 0 Å². The maximum absolute atomic E-state index is 13.3. The van der Waals surface area contributed by atoms with Gasteiger partial charge in [-0.3, -0.25) is 9.52 Å². The molecule has 9 heteroatoms. The van der Waals surface area contributed by atoms with E-state index in [2.05, 4.69) is 4.72 Å². The summed E-state index contributed by atoms with van der Waals surface area (Å²) in [6, 6.07) is 16.4. The van der Waals surface area contributed by atoms with Gasteiger partial charge in [-0.2, -0.15) is 0 Å². The molecular weight excluding hydrogens is 479 g/mol. The van der Waals surface area contributed by atoms with Crippen LogP contribution in [0.1, 0.15) is 22.3 Å². The van der Waals surface area contributed by atoms with Gasteiger partial charge in [0.05, 0.1) is 21.3 Å². The quantitative estimate of drug-likeness (QED) is 0.480. The lowest BCUT2D eigenvalue weighted by atomic mass is 10.0. The standard InChI is InChI=1S/C22H17Cl3N2O3S/c23-15-7-3-8-16(11-15)26-31(29,30)21-12-17(18(24)13-19(21)25)22(28)27-10-4-6-14-5-1-2-9-20(14)27/h1-3,5,7-9,11-13,26H,4,6,10H2. The lowest BCUT2D eigenvalue weighted by molar-refractivity contribution is 0.0985. The van der Waals surface area contributed by atoms with E-state index in [1.165, 1.54) is 18.2 Å². The molecule has 0 bridgehead atoms. The van der Waals surface area contributed by atoms with Crippen LogP contribution in [0.25, 0.3) is 0 Å². The van der Waals surface area contributed by atoms with Gasteiger partial charge in [-0.25, -0.2) is 8.42 Å². The molecular formula is C22H17Cl3N2O3S. The highest BCUT2D eigenvalue weighted by Gasteiger charge is 2.28. The number of fused-ring (bicyclic) bond motifs is 1. The summed E-state index contributed by atoms with van der Waals surface area (Å²) in [5.74, 6) is -0.381. The largest absolute Gasteiger partial charge is 0.308 e. The van der Waals surface area contributed by atoms with E-state index in [4.69, 9.17) is 34.8 Å². The van der Waals surface area contributed by atoms with E-state index >= 15 is 0 Å². The van der Waals surface area contributed by atoms with Gasteiger partial charge >= 0.3 is 0 Å². The maximum atomic E-state index is 13.3. The number of amides is 1. The van der Waals surface area contributed by atoms with E-state index < -0.39 is 10.0 Å². The van der Waals surface area contributed by atoms with E-state index in [0.29, 0.717) is 11.6 Å². The zero-order valence-corrected chi connectivity index (χ0v) is 19.2. The third-order valence-electron chi connectivity index (χ3n) is 4.97. The van der Waals surface area contributed by atoms with Crippen LogP contribution in [0.4, 0.5) is 11.4 Å². The van der Waals surface area contributed by atoms with Gasteiger partial charge < -0.3 is 4.90 Å². The fourth-order valence-electron chi connectivity index (χ4n) is 3.55. The Bertz CT molecular complexity index is 1280. The van der Waals surface area contributed by atoms with Crippen LogP contribution >= 0.6 is 34.8 Å². The summed E-state index contributed by atoms with van der Waals surface area (Å²) in [5, 5.41) is 0.372. The van der Waals surface area contributed by atoms with Gasteiger partial charge in [-0.1, -0.05) is 59.1 Å². The highest BCUT2D eigenvalue weighted by atomic mass is 35.5. The van der Waals surface area contributed by atoms with Crippen LogP contribution in [0.3, 0.4) is 0 Å². The fourth-order valence-corrected chi connectivity index (χ4v) is 5.65. The second-order valence-corrected chi connectivity index (χ2v) is 9.97. The Kier molecular flexibility index (Phi) is 6.17. The Morgan fingerprint density at radius 1 is 0.935 bits per heavy atom. The first kappa shape index (κ1) is 22.0. The first-order chi connectivity index (χ1) is 14.8. The van der Waals surface area contributed by atoms with Crippen LogP contribution in [-0.4, -0.2) is 20.9 Å². The Labute approximate surface area is 195 Å². The van der Waals surface area contributed by atoms with Gasteiger partial charge in [0, 0.05) is 17.3 Å². The molecule has 3 aromatic rings. The third kappa shape index (κ3) is 4.53. The van der Waals surface area contributed by atoms with E-state index in [0.717, 1.165) is 24.1 Å². The van der Waals surface area contributed by atoms with Gasteiger partial charge in [-0.05, 0) is 54.8 Å². The van der Waals surface area contributed by atoms with Crippen molar-refractivity contribution in [3.63, 3.8) is 0 Å². The zero-order valence-electron chi connectivity index (χ0n) is 16.1. The molecule has 0 saturated carbocycles. The van der Waals surface area contributed by atoms with E-state index in [1.54, 1.807) is 23.1 Å². The van der Waals surface area contributed by atoms with Crippen molar-refractivity contribution in [1.82, 2.24) is 0 Å². The highest BCUT2D eigenvalue weighted by molar-refractivity contribution is 7.92. The lowest BCUT2D eigenvalue weighted by Gasteiger charge is -2.30. The molecule has 31 heavy (non-hydrogen) atoms. The van der Waals surface area contributed by atoms with Crippen LogP contribution in [0.15, 0.2) is 65.6 Å². The maximum Gasteiger partial charge on any atom is 0.263 e. The summed E-state index contributed by atoms with van der Waals surface area (Å²) in [6.07, 6.45) is 1.67. The second kappa shape index (κ2) is 8.71. The molecule has 4 rings (SSSR count). The number of anilines is 2. The number of aryl methyl sites for hydroxylation is 1. The van der Waals surface area contributed by atoms with E-state index in [9.17, 15) is 13.2 Å². The van der Waals surface area contributed by atoms with Crippen molar-refractivity contribution in [2.45, 2.75) is 17.7 Å². The molecule has 3 aromatic carbocycles. The Morgan fingerprint density at radius 3 is 2.48 bits per heavy atom.